The minimum absolute atomic E-state index is 0.00790. The van der Waals surface area contributed by atoms with Gasteiger partial charge in [0.05, 0.1) is 17.9 Å². The molecular formula is C18H18N4O. The molecule has 0 unspecified atom stereocenters. The first kappa shape index (κ1) is 14.8. The first-order valence-corrected chi connectivity index (χ1v) is 7.40. The average molecular weight is 306 g/mol. The van der Waals surface area contributed by atoms with Crippen molar-refractivity contribution in [3.63, 3.8) is 0 Å². The highest BCUT2D eigenvalue weighted by Crippen LogP contribution is 2.19. The van der Waals surface area contributed by atoms with Crippen molar-refractivity contribution in [1.29, 1.82) is 0 Å². The van der Waals surface area contributed by atoms with Crippen LogP contribution in [0.2, 0.25) is 0 Å². The number of likely N-dealkylation sites (N-methyl/N-ethyl adjacent to an activating group) is 1. The van der Waals surface area contributed by atoms with Crippen LogP contribution in [0.5, 0.6) is 0 Å². The van der Waals surface area contributed by atoms with Crippen molar-refractivity contribution in [3.8, 4) is 5.69 Å². The maximum absolute atomic E-state index is 12.4. The summed E-state index contributed by atoms with van der Waals surface area (Å²) in [6, 6.07) is 19.2. The summed E-state index contributed by atoms with van der Waals surface area (Å²) in [5, 5.41) is 7.44. The molecule has 0 radical (unpaired) electrons. The van der Waals surface area contributed by atoms with Gasteiger partial charge in [-0.05, 0) is 30.3 Å². The third-order valence-electron chi connectivity index (χ3n) is 3.60. The number of hydrogen-bond acceptors (Lipinski definition) is 3. The molecule has 0 aliphatic heterocycles. The molecule has 0 atom stereocenters. The maximum atomic E-state index is 12.4. The van der Waals surface area contributed by atoms with Crippen LogP contribution in [0.4, 0.5) is 11.4 Å². The van der Waals surface area contributed by atoms with Gasteiger partial charge >= 0.3 is 0 Å². The second-order valence-corrected chi connectivity index (χ2v) is 5.11. The fourth-order valence-corrected chi connectivity index (χ4v) is 2.32. The summed E-state index contributed by atoms with van der Waals surface area (Å²) in [5.74, 6) is -0.00790. The smallest absolute Gasteiger partial charge is 0.246 e. The van der Waals surface area contributed by atoms with Gasteiger partial charge in [0.1, 0.15) is 0 Å². The van der Waals surface area contributed by atoms with Gasteiger partial charge < -0.3 is 10.2 Å². The van der Waals surface area contributed by atoms with Gasteiger partial charge in [-0.15, -0.1) is 0 Å². The van der Waals surface area contributed by atoms with Crippen molar-refractivity contribution < 1.29 is 4.79 Å². The Bertz CT molecular complexity index is 769. The predicted molar refractivity (Wildman–Crippen MR) is 91.9 cm³/mol. The summed E-state index contributed by atoms with van der Waals surface area (Å²) in [5.41, 5.74) is 2.65. The van der Waals surface area contributed by atoms with Crippen molar-refractivity contribution in [2.75, 3.05) is 23.8 Å². The Morgan fingerprint density at radius 3 is 2.57 bits per heavy atom. The highest BCUT2D eigenvalue weighted by Gasteiger charge is 2.11. The van der Waals surface area contributed by atoms with Crippen molar-refractivity contribution in [2.45, 2.75) is 0 Å². The molecule has 0 saturated heterocycles. The monoisotopic (exact) mass is 306 g/mol. The topological polar surface area (TPSA) is 50.2 Å². The third kappa shape index (κ3) is 3.40. The maximum Gasteiger partial charge on any atom is 0.246 e. The Morgan fingerprint density at radius 1 is 1.09 bits per heavy atom. The van der Waals surface area contributed by atoms with E-state index in [9.17, 15) is 4.79 Å². The molecule has 0 aliphatic carbocycles. The molecular weight excluding hydrogens is 288 g/mol. The Labute approximate surface area is 135 Å². The molecule has 1 N–H and O–H groups in total. The first-order valence-electron chi connectivity index (χ1n) is 7.40. The number of para-hydroxylation sites is 3. The minimum atomic E-state index is -0.00790. The lowest BCUT2D eigenvalue weighted by atomic mass is 10.2. The Balaban J connectivity index is 1.71. The van der Waals surface area contributed by atoms with Gasteiger partial charge in [-0.2, -0.15) is 5.10 Å². The summed E-state index contributed by atoms with van der Waals surface area (Å²) in [4.78, 5) is 14.0. The number of nitrogens with one attached hydrogen (secondary N) is 1. The van der Waals surface area contributed by atoms with E-state index in [1.807, 2.05) is 66.9 Å². The van der Waals surface area contributed by atoms with E-state index in [-0.39, 0.29) is 12.5 Å². The number of hydrogen-bond donors (Lipinski definition) is 1. The van der Waals surface area contributed by atoms with Crippen molar-refractivity contribution in [1.82, 2.24) is 9.78 Å². The molecule has 5 heteroatoms. The molecule has 0 bridgehead atoms. The normalized spacial score (nSPS) is 10.3. The van der Waals surface area contributed by atoms with E-state index in [2.05, 4.69) is 10.4 Å². The largest absolute Gasteiger partial charge is 0.374 e. The van der Waals surface area contributed by atoms with E-state index < -0.39 is 0 Å². The van der Waals surface area contributed by atoms with E-state index >= 15 is 0 Å². The van der Waals surface area contributed by atoms with E-state index in [0.717, 1.165) is 17.1 Å². The number of anilines is 2. The number of carbonyl (C=O) groups is 1. The van der Waals surface area contributed by atoms with Crippen LogP contribution in [0.25, 0.3) is 5.69 Å². The van der Waals surface area contributed by atoms with Gasteiger partial charge in [-0.1, -0.05) is 30.3 Å². The zero-order chi connectivity index (χ0) is 16.1. The molecule has 1 amide bonds. The van der Waals surface area contributed by atoms with Crippen LogP contribution in [-0.4, -0.2) is 29.3 Å². The van der Waals surface area contributed by atoms with E-state index in [1.54, 1.807) is 22.8 Å². The van der Waals surface area contributed by atoms with E-state index in [0.29, 0.717) is 0 Å². The van der Waals surface area contributed by atoms with Gasteiger partial charge in [0.25, 0.3) is 0 Å². The average Bonchev–Trinajstić information content (AvgIpc) is 3.14. The lowest BCUT2D eigenvalue weighted by molar-refractivity contribution is -0.116. The van der Waals surface area contributed by atoms with Gasteiger partial charge in [-0.25, -0.2) is 4.68 Å². The minimum Gasteiger partial charge on any atom is -0.374 e. The van der Waals surface area contributed by atoms with Crippen LogP contribution in [-0.2, 0) is 4.79 Å². The molecule has 2 aromatic carbocycles. The number of rotatable bonds is 5. The van der Waals surface area contributed by atoms with E-state index in [4.69, 9.17) is 0 Å². The summed E-state index contributed by atoms with van der Waals surface area (Å²) in [7, 11) is 1.78. The van der Waals surface area contributed by atoms with Gasteiger partial charge in [0.2, 0.25) is 5.91 Å². The number of amides is 1. The zero-order valence-electron chi connectivity index (χ0n) is 12.9. The van der Waals surface area contributed by atoms with Crippen LogP contribution in [0.15, 0.2) is 73.1 Å². The zero-order valence-corrected chi connectivity index (χ0v) is 12.9. The van der Waals surface area contributed by atoms with E-state index in [1.165, 1.54) is 0 Å². The van der Waals surface area contributed by atoms with Crippen molar-refractivity contribution >= 4 is 17.3 Å². The van der Waals surface area contributed by atoms with Gasteiger partial charge in [-0.3, -0.25) is 4.79 Å². The highest BCUT2D eigenvalue weighted by atomic mass is 16.2. The molecule has 0 spiro atoms. The number of aromatic nitrogens is 2. The standard InChI is InChI=1S/C18H18N4O/c1-21(15-8-3-2-4-9-15)18(23)14-19-16-10-5-6-11-17(16)22-13-7-12-20-22/h2-13,19H,14H2,1H3. The Morgan fingerprint density at radius 2 is 1.83 bits per heavy atom. The number of benzene rings is 2. The molecule has 116 valence electrons. The second kappa shape index (κ2) is 6.79. The van der Waals surface area contributed by atoms with Gasteiger partial charge in [0.15, 0.2) is 0 Å². The number of nitrogens with zero attached hydrogens (tertiary/aromatic N) is 3. The molecule has 3 aromatic rings. The molecule has 1 aromatic heterocycles. The van der Waals surface area contributed by atoms with Crippen molar-refractivity contribution in [3.05, 3.63) is 73.1 Å². The Kier molecular flexibility index (Phi) is 4.38. The predicted octanol–water partition coefficient (Wildman–Crippen LogP) is 2.95. The summed E-state index contributed by atoms with van der Waals surface area (Å²) in [6.07, 6.45) is 3.60. The fourth-order valence-electron chi connectivity index (χ4n) is 2.32. The molecule has 0 aliphatic rings. The molecule has 0 fully saturated rings. The summed E-state index contributed by atoms with van der Waals surface area (Å²) < 4.78 is 1.77. The fraction of sp³-hybridized carbons (Fsp3) is 0.111. The third-order valence-corrected chi connectivity index (χ3v) is 3.60. The van der Waals surface area contributed by atoms with Gasteiger partial charge in [0, 0.05) is 25.1 Å². The van der Waals surface area contributed by atoms with Crippen LogP contribution < -0.4 is 10.2 Å². The number of carbonyl (C=O) groups excluding carboxylic acids is 1. The molecule has 5 nitrogen and oxygen atoms in total. The molecule has 3 rings (SSSR count). The molecule has 1 heterocycles. The summed E-state index contributed by atoms with van der Waals surface area (Å²) in [6.45, 7) is 0.212. The SMILES string of the molecule is CN(C(=O)CNc1ccccc1-n1cccn1)c1ccccc1. The van der Waals surface area contributed by atoms with Crippen LogP contribution in [0.1, 0.15) is 0 Å². The lowest BCUT2D eigenvalue weighted by Gasteiger charge is -2.18. The van der Waals surface area contributed by atoms with Crippen LogP contribution in [0, 0.1) is 0 Å². The lowest BCUT2D eigenvalue weighted by Crippen LogP contribution is -2.32. The van der Waals surface area contributed by atoms with Crippen molar-refractivity contribution in [2.24, 2.45) is 0 Å². The first-order chi connectivity index (χ1) is 11.3. The highest BCUT2D eigenvalue weighted by molar-refractivity contribution is 5.95. The second-order valence-electron chi connectivity index (χ2n) is 5.11. The van der Waals surface area contributed by atoms with Crippen LogP contribution in [0.3, 0.4) is 0 Å². The molecule has 0 saturated carbocycles. The quantitative estimate of drug-likeness (QED) is 0.788. The van der Waals surface area contributed by atoms with Crippen LogP contribution >= 0.6 is 0 Å². The Hall–Kier alpha value is -3.08. The molecule has 23 heavy (non-hydrogen) atoms. The summed E-state index contributed by atoms with van der Waals surface area (Å²) >= 11 is 0.